The van der Waals surface area contributed by atoms with E-state index in [1.54, 1.807) is 6.07 Å². The van der Waals surface area contributed by atoms with Gasteiger partial charge in [-0.1, -0.05) is 43.2 Å². The Labute approximate surface area is 183 Å². The van der Waals surface area contributed by atoms with Gasteiger partial charge in [-0.25, -0.2) is 0 Å². The number of furan rings is 1. The lowest BCUT2D eigenvalue weighted by atomic mass is 10.0. The number of aryl methyl sites for hydroxylation is 2. The molecule has 7 nitrogen and oxygen atoms in total. The Morgan fingerprint density at radius 3 is 2.58 bits per heavy atom. The predicted octanol–water partition coefficient (Wildman–Crippen LogP) is 3.67. The molecule has 1 amide bonds. The minimum absolute atomic E-state index is 0.158. The molecule has 0 saturated heterocycles. The fraction of sp³-hybridized carbons (Fsp3) is 0.458. The molecule has 0 fully saturated rings. The van der Waals surface area contributed by atoms with E-state index in [1.807, 2.05) is 0 Å². The number of amides is 1. The van der Waals surface area contributed by atoms with Gasteiger partial charge in [0, 0.05) is 32.6 Å². The molecule has 1 atom stereocenters. The molecule has 0 aliphatic carbocycles. The average molecular weight is 422 g/mol. The van der Waals surface area contributed by atoms with Crippen molar-refractivity contribution in [3.63, 3.8) is 0 Å². The summed E-state index contributed by atoms with van der Waals surface area (Å²) >= 11 is 0. The molecule has 0 radical (unpaired) electrons. The van der Waals surface area contributed by atoms with Gasteiger partial charge in [0.15, 0.2) is 5.82 Å². The highest BCUT2D eigenvalue weighted by Crippen LogP contribution is 2.23. The largest absolute Gasteiger partial charge is 0.472 e. The smallest absolute Gasteiger partial charge is 0.255 e. The van der Waals surface area contributed by atoms with Gasteiger partial charge in [0.1, 0.15) is 12.1 Å². The molecule has 1 aromatic carbocycles. The Morgan fingerprint density at radius 1 is 1.13 bits per heavy atom. The van der Waals surface area contributed by atoms with E-state index in [-0.39, 0.29) is 17.9 Å². The van der Waals surface area contributed by atoms with Crippen LogP contribution in [0.4, 0.5) is 0 Å². The maximum absolute atomic E-state index is 12.6. The molecule has 7 heteroatoms. The Morgan fingerprint density at radius 2 is 1.90 bits per heavy atom. The zero-order valence-electron chi connectivity index (χ0n) is 18.8. The van der Waals surface area contributed by atoms with Crippen LogP contribution in [0.2, 0.25) is 0 Å². The van der Waals surface area contributed by atoms with Crippen LogP contribution in [0.25, 0.3) is 0 Å². The summed E-state index contributed by atoms with van der Waals surface area (Å²) in [5.41, 5.74) is 4.47. The summed E-state index contributed by atoms with van der Waals surface area (Å²) in [4.78, 5) is 15.1. The van der Waals surface area contributed by atoms with Crippen molar-refractivity contribution in [2.75, 3.05) is 13.1 Å². The van der Waals surface area contributed by atoms with Crippen molar-refractivity contribution < 1.29 is 9.21 Å². The second-order valence-corrected chi connectivity index (χ2v) is 8.86. The summed E-state index contributed by atoms with van der Waals surface area (Å²) in [6.45, 7) is 12.1. The van der Waals surface area contributed by atoms with Crippen molar-refractivity contribution in [3.05, 3.63) is 70.7 Å². The van der Waals surface area contributed by atoms with Crippen LogP contribution in [0.15, 0.2) is 41.2 Å². The molecule has 1 N–H and O–H groups in total. The molecule has 31 heavy (non-hydrogen) atoms. The summed E-state index contributed by atoms with van der Waals surface area (Å²) < 4.78 is 7.25. The number of fused-ring (bicyclic) bond motifs is 1. The van der Waals surface area contributed by atoms with Gasteiger partial charge in [0.2, 0.25) is 0 Å². The van der Waals surface area contributed by atoms with Gasteiger partial charge in [0.25, 0.3) is 5.91 Å². The average Bonchev–Trinajstić information content (AvgIpc) is 3.33. The molecule has 1 unspecified atom stereocenters. The van der Waals surface area contributed by atoms with Gasteiger partial charge in [-0.3, -0.25) is 9.69 Å². The van der Waals surface area contributed by atoms with E-state index in [4.69, 9.17) is 4.42 Å². The van der Waals surface area contributed by atoms with Gasteiger partial charge >= 0.3 is 0 Å². The van der Waals surface area contributed by atoms with Crippen LogP contribution in [-0.2, 0) is 19.5 Å². The van der Waals surface area contributed by atoms with Gasteiger partial charge in [0.05, 0.1) is 17.9 Å². The first-order valence-electron chi connectivity index (χ1n) is 11.0. The van der Waals surface area contributed by atoms with Crippen LogP contribution in [-0.4, -0.2) is 38.7 Å². The molecule has 0 saturated carbocycles. The Balaban J connectivity index is 1.49. The maximum Gasteiger partial charge on any atom is 0.255 e. The predicted molar refractivity (Wildman–Crippen MR) is 119 cm³/mol. The van der Waals surface area contributed by atoms with Crippen LogP contribution in [0.3, 0.4) is 0 Å². The van der Waals surface area contributed by atoms with Crippen LogP contribution < -0.4 is 5.32 Å². The SMILES string of the molecule is Cc1cc(C)cc(CN2CCc3nnc(C(NC(=O)c4ccoc4)C(C)C)n3CC2)c1. The van der Waals surface area contributed by atoms with E-state index >= 15 is 0 Å². The monoisotopic (exact) mass is 421 g/mol. The Kier molecular flexibility index (Phi) is 6.23. The van der Waals surface area contributed by atoms with E-state index in [9.17, 15) is 4.79 Å². The Hall–Kier alpha value is -2.93. The summed E-state index contributed by atoms with van der Waals surface area (Å²) in [6, 6.07) is 8.20. The topological polar surface area (TPSA) is 76.2 Å². The third-order valence-electron chi connectivity index (χ3n) is 5.85. The number of carbonyl (C=O) groups excluding carboxylic acids is 1. The number of hydrogen-bond donors (Lipinski definition) is 1. The van der Waals surface area contributed by atoms with Crippen molar-refractivity contribution in [2.24, 2.45) is 5.92 Å². The second kappa shape index (κ2) is 9.06. The van der Waals surface area contributed by atoms with Crippen molar-refractivity contribution in [1.29, 1.82) is 0 Å². The van der Waals surface area contributed by atoms with E-state index in [1.165, 1.54) is 29.2 Å². The normalized spacial score (nSPS) is 15.5. The number of nitrogens with zero attached hydrogens (tertiary/aromatic N) is 4. The van der Waals surface area contributed by atoms with Gasteiger partial charge < -0.3 is 14.3 Å². The number of rotatable bonds is 6. The molecule has 1 aliphatic heterocycles. The molecule has 4 rings (SSSR count). The van der Waals surface area contributed by atoms with E-state index in [2.05, 4.69) is 70.9 Å². The maximum atomic E-state index is 12.6. The van der Waals surface area contributed by atoms with Gasteiger partial charge in [-0.05, 0) is 31.4 Å². The number of aromatic nitrogens is 3. The minimum Gasteiger partial charge on any atom is -0.472 e. The summed E-state index contributed by atoms with van der Waals surface area (Å²) in [7, 11) is 0. The van der Waals surface area contributed by atoms with Crippen LogP contribution in [0.1, 0.15) is 58.6 Å². The first kappa shape index (κ1) is 21.3. The highest BCUT2D eigenvalue weighted by atomic mass is 16.3. The van der Waals surface area contributed by atoms with Crippen molar-refractivity contribution in [2.45, 2.75) is 53.2 Å². The number of nitrogens with one attached hydrogen (secondary N) is 1. The number of benzene rings is 1. The summed E-state index contributed by atoms with van der Waals surface area (Å²) in [5, 5.41) is 12.1. The van der Waals surface area contributed by atoms with Crippen molar-refractivity contribution >= 4 is 5.91 Å². The van der Waals surface area contributed by atoms with E-state index < -0.39 is 0 Å². The number of carbonyl (C=O) groups is 1. The Bertz CT molecular complexity index is 1020. The van der Waals surface area contributed by atoms with Crippen LogP contribution in [0.5, 0.6) is 0 Å². The lowest BCUT2D eigenvalue weighted by molar-refractivity contribution is 0.0921. The lowest BCUT2D eigenvalue weighted by Crippen LogP contribution is -2.34. The van der Waals surface area contributed by atoms with E-state index in [0.717, 1.165) is 44.2 Å². The number of hydrogen-bond acceptors (Lipinski definition) is 5. The molecule has 1 aliphatic rings. The van der Waals surface area contributed by atoms with Crippen molar-refractivity contribution in [3.8, 4) is 0 Å². The van der Waals surface area contributed by atoms with E-state index in [0.29, 0.717) is 5.56 Å². The molecule has 0 bridgehead atoms. The molecule has 3 aromatic rings. The highest BCUT2D eigenvalue weighted by Gasteiger charge is 2.28. The zero-order chi connectivity index (χ0) is 22.0. The molecule has 2 aromatic heterocycles. The summed E-state index contributed by atoms with van der Waals surface area (Å²) in [6.07, 6.45) is 3.81. The van der Waals surface area contributed by atoms with Crippen LogP contribution in [0, 0.1) is 19.8 Å². The zero-order valence-corrected chi connectivity index (χ0v) is 18.8. The molecule has 3 heterocycles. The molecule has 0 spiro atoms. The third kappa shape index (κ3) is 4.88. The fourth-order valence-corrected chi connectivity index (χ4v) is 4.34. The van der Waals surface area contributed by atoms with Crippen LogP contribution >= 0.6 is 0 Å². The minimum atomic E-state index is -0.213. The van der Waals surface area contributed by atoms with Crippen molar-refractivity contribution in [1.82, 2.24) is 25.0 Å². The quantitative estimate of drug-likeness (QED) is 0.657. The highest BCUT2D eigenvalue weighted by molar-refractivity contribution is 5.94. The second-order valence-electron chi connectivity index (χ2n) is 8.86. The third-order valence-corrected chi connectivity index (χ3v) is 5.85. The summed E-state index contributed by atoms with van der Waals surface area (Å²) in [5.74, 6) is 1.84. The molecule has 164 valence electrons. The standard InChI is InChI=1S/C24H31N5O2/c1-16(2)22(25-24(30)20-6-10-31-15-20)23-27-26-21-5-7-28(8-9-29(21)23)14-19-12-17(3)11-18(4)13-19/h6,10-13,15-16,22H,5,7-9,14H2,1-4H3,(H,25,30). The molecular formula is C24H31N5O2. The van der Waals surface area contributed by atoms with Gasteiger partial charge in [-0.15, -0.1) is 10.2 Å². The lowest BCUT2D eigenvalue weighted by Gasteiger charge is -2.23. The molecular weight excluding hydrogens is 390 g/mol. The fourth-order valence-electron chi connectivity index (χ4n) is 4.34. The first-order valence-corrected chi connectivity index (χ1v) is 11.0. The van der Waals surface area contributed by atoms with Gasteiger partial charge in [-0.2, -0.15) is 0 Å². The first-order chi connectivity index (χ1) is 14.9.